The SMILES string of the molecule is CCCCCCCCCCCCCCCCCCCCCCCCCCC(=O)OCC(COC(=O)CCCCCCCCCCCCCCCCCCC)OC(=O)CCCCCCCCCCCCCCCCCCCCCCC. The van der Waals surface area contributed by atoms with Gasteiger partial charge in [-0.3, -0.25) is 14.4 Å². The molecule has 1 unspecified atom stereocenters. The summed E-state index contributed by atoms with van der Waals surface area (Å²) in [5.41, 5.74) is 0. The first-order chi connectivity index (χ1) is 39.5. The molecule has 0 saturated heterocycles. The van der Waals surface area contributed by atoms with E-state index in [-0.39, 0.29) is 31.1 Å². The summed E-state index contributed by atoms with van der Waals surface area (Å²) in [7, 11) is 0. The molecule has 0 amide bonds. The second-order valence-corrected chi connectivity index (χ2v) is 25.6. The van der Waals surface area contributed by atoms with Crippen molar-refractivity contribution in [2.45, 2.75) is 444 Å². The maximum absolute atomic E-state index is 13.0. The van der Waals surface area contributed by atoms with Crippen LogP contribution in [0.5, 0.6) is 0 Å². The van der Waals surface area contributed by atoms with Gasteiger partial charge in [0, 0.05) is 19.3 Å². The van der Waals surface area contributed by atoms with Gasteiger partial charge < -0.3 is 14.2 Å². The molecule has 6 heteroatoms. The van der Waals surface area contributed by atoms with Gasteiger partial charge in [-0.05, 0) is 19.3 Å². The number of rotatable bonds is 70. The Morgan fingerprint density at radius 2 is 0.338 bits per heavy atom. The van der Waals surface area contributed by atoms with E-state index >= 15 is 0 Å². The monoisotopic (exact) mass is 1130 g/mol. The quantitative estimate of drug-likeness (QED) is 0.0343. The second kappa shape index (κ2) is 69.9. The first-order valence-corrected chi connectivity index (χ1v) is 37.0. The third kappa shape index (κ3) is 67.2. The molecule has 0 fully saturated rings. The summed E-state index contributed by atoms with van der Waals surface area (Å²) in [4.78, 5) is 38.5. The molecule has 0 aromatic carbocycles. The Morgan fingerprint density at radius 1 is 0.200 bits per heavy atom. The molecule has 0 aromatic rings. The van der Waals surface area contributed by atoms with Crippen LogP contribution < -0.4 is 0 Å². The van der Waals surface area contributed by atoms with Crippen LogP contribution in [-0.2, 0) is 28.6 Å². The largest absolute Gasteiger partial charge is 0.462 e. The molecule has 0 saturated carbocycles. The molecule has 0 radical (unpaired) electrons. The lowest BCUT2D eigenvalue weighted by molar-refractivity contribution is -0.167. The zero-order chi connectivity index (χ0) is 57.8. The summed E-state index contributed by atoms with van der Waals surface area (Å²) in [6.07, 6.45) is 82.8. The van der Waals surface area contributed by atoms with Crippen molar-refractivity contribution in [2.24, 2.45) is 0 Å². The van der Waals surface area contributed by atoms with Gasteiger partial charge in [-0.2, -0.15) is 0 Å². The van der Waals surface area contributed by atoms with Crippen molar-refractivity contribution < 1.29 is 28.6 Å². The Bertz CT molecular complexity index is 1200. The van der Waals surface area contributed by atoms with E-state index in [1.165, 1.54) is 340 Å². The van der Waals surface area contributed by atoms with Crippen LogP contribution in [0.1, 0.15) is 438 Å². The highest BCUT2D eigenvalue weighted by molar-refractivity contribution is 5.71. The molecule has 0 spiro atoms. The Balaban J connectivity index is 4.24. The highest BCUT2D eigenvalue weighted by Crippen LogP contribution is 2.20. The van der Waals surface area contributed by atoms with Crippen molar-refractivity contribution in [3.63, 3.8) is 0 Å². The maximum atomic E-state index is 13.0. The van der Waals surface area contributed by atoms with Gasteiger partial charge in [0.05, 0.1) is 0 Å². The zero-order valence-corrected chi connectivity index (χ0v) is 54.9. The predicted molar refractivity (Wildman–Crippen MR) is 349 cm³/mol. The number of unbranched alkanes of at least 4 members (excludes halogenated alkanes) is 59. The van der Waals surface area contributed by atoms with Gasteiger partial charge in [-0.25, -0.2) is 0 Å². The predicted octanol–water partition coefficient (Wildman–Crippen LogP) is 25.4. The summed E-state index contributed by atoms with van der Waals surface area (Å²) < 4.78 is 17.1. The molecule has 0 bridgehead atoms. The number of hydrogen-bond acceptors (Lipinski definition) is 6. The average Bonchev–Trinajstić information content (AvgIpc) is 3.46. The fourth-order valence-electron chi connectivity index (χ4n) is 11.8. The Hall–Kier alpha value is -1.59. The van der Waals surface area contributed by atoms with Crippen LogP contribution in [-0.4, -0.2) is 37.2 Å². The minimum Gasteiger partial charge on any atom is -0.462 e. The Labute approximate surface area is 501 Å². The molecule has 0 aliphatic heterocycles. The van der Waals surface area contributed by atoms with Crippen LogP contribution in [0.25, 0.3) is 0 Å². The molecule has 1 atom stereocenters. The molecule has 0 heterocycles. The van der Waals surface area contributed by atoms with Crippen molar-refractivity contribution in [3.05, 3.63) is 0 Å². The van der Waals surface area contributed by atoms with E-state index < -0.39 is 6.10 Å². The van der Waals surface area contributed by atoms with Crippen LogP contribution in [0, 0.1) is 0 Å². The average molecular weight is 1130 g/mol. The van der Waals surface area contributed by atoms with E-state index in [1.54, 1.807) is 0 Å². The highest BCUT2D eigenvalue weighted by atomic mass is 16.6. The van der Waals surface area contributed by atoms with Crippen LogP contribution in [0.15, 0.2) is 0 Å². The number of hydrogen-bond donors (Lipinski definition) is 0. The lowest BCUT2D eigenvalue weighted by Crippen LogP contribution is -2.30. The van der Waals surface area contributed by atoms with Crippen molar-refractivity contribution >= 4 is 17.9 Å². The van der Waals surface area contributed by atoms with E-state index in [0.29, 0.717) is 19.3 Å². The van der Waals surface area contributed by atoms with Gasteiger partial charge in [0.2, 0.25) is 0 Å². The molecular formula is C74H144O6. The first kappa shape index (κ1) is 78.4. The summed E-state index contributed by atoms with van der Waals surface area (Å²) in [5.74, 6) is -0.815. The van der Waals surface area contributed by atoms with E-state index in [4.69, 9.17) is 14.2 Å². The molecule has 476 valence electrons. The normalized spacial score (nSPS) is 11.9. The Kier molecular flexibility index (Phi) is 68.5. The minimum absolute atomic E-state index is 0.0598. The van der Waals surface area contributed by atoms with Crippen LogP contribution in [0.3, 0.4) is 0 Å². The fourth-order valence-corrected chi connectivity index (χ4v) is 11.8. The molecule has 0 aliphatic carbocycles. The van der Waals surface area contributed by atoms with Crippen molar-refractivity contribution in [1.29, 1.82) is 0 Å². The summed E-state index contributed by atoms with van der Waals surface area (Å²) >= 11 is 0. The van der Waals surface area contributed by atoms with Gasteiger partial charge in [-0.15, -0.1) is 0 Å². The molecule has 0 rings (SSSR count). The second-order valence-electron chi connectivity index (χ2n) is 25.6. The van der Waals surface area contributed by atoms with Crippen molar-refractivity contribution in [1.82, 2.24) is 0 Å². The number of carbonyl (C=O) groups excluding carboxylic acids is 3. The standard InChI is InChI=1S/C74H144O6/c1-4-7-10-13-16-19-22-25-28-31-33-35-36-37-39-40-43-46-49-52-55-58-61-64-67-73(76)79-70-71(69-78-72(75)66-63-60-57-54-51-48-45-42-30-27-24-21-18-15-12-9-6-3)80-74(77)68-65-62-59-56-53-50-47-44-41-38-34-32-29-26-23-20-17-14-11-8-5-2/h71H,4-70H2,1-3H3. The molecular weight excluding hydrogens is 985 g/mol. The molecule has 0 aliphatic rings. The lowest BCUT2D eigenvalue weighted by atomic mass is 10.0. The van der Waals surface area contributed by atoms with Crippen LogP contribution in [0.2, 0.25) is 0 Å². The third-order valence-corrected chi connectivity index (χ3v) is 17.4. The van der Waals surface area contributed by atoms with Gasteiger partial charge in [0.15, 0.2) is 6.10 Å². The van der Waals surface area contributed by atoms with Gasteiger partial charge in [0.1, 0.15) is 13.2 Å². The fraction of sp³-hybridized carbons (Fsp3) is 0.959. The minimum atomic E-state index is -0.764. The molecule has 80 heavy (non-hydrogen) atoms. The van der Waals surface area contributed by atoms with Gasteiger partial charge >= 0.3 is 17.9 Å². The molecule has 0 N–H and O–H groups in total. The summed E-state index contributed by atoms with van der Waals surface area (Å²) in [5, 5.41) is 0. The number of ether oxygens (including phenoxy) is 3. The van der Waals surface area contributed by atoms with Crippen molar-refractivity contribution in [2.75, 3.05) is 13.2 Å². The lowest BCUT2D eigenvalue weighted by Gasteiger charge is -2.18. The highest BCUT2D eigenvalue weighted by Gasteiger charge is 2.20. The van der Waals surface area contributed by atoms with Crippen LogP contribution in [0.4, 0.5) is 0 Å². The summed E-state index contributed by atoms with van der Waals surface area (Å²) in [6, 6.07) is 0. The number of carbonyl (C=O) groups is 3. The molecule has 6 nitrogen and oxygen atoms in total. The maximum Gasteiger partial charge on any atom is 0.306 e. The van der Waals surface area contributed by atoms with E-state index in [0.717, 1.165) is 57.8 Å². The molecule has 0 aromatic heterocycles. The van der Waals surface area contributed by atoms with Gasteiger partial charge in [0.25, 0.3) is 0 Å². The van der Waals surface area contributed by atoms with Gasteiger partial charge in [-0.1, -0.05) is 400 Å². The van der Waals surface area contributed by atoms with E-state index in [9.17, 15) is 14.4 Å². The smallest absolute Gasteiger partial charge is 0.306 e. The van der Waals surface area contributed by atoms with Crippen LogP contribution >= 0.6 is 0 Å². The first-order valence-electron chi connectivity index (χ1n) is 37.0. The van der Waals surface area contributed by atoms with Crippen molar-refractivity contribution in [3.8, 4) is 0 Å². The summed E-state index contributed by atoms with van der Waals surface area (Å²) in [6.45, 7) is 6.76. The van der Waals surface area contributed by atoms with E-state index in [1.807, 2.05) is 0 Å². The number of esters is 3. The third-order valence-electron chi connectivity index (χ3n) is 17.4. The zero-order valence-electron chi connectivity index (χ0n) is 54.9. The topological polar surface area (TPSA) is 78.9 Å². The van der Waals surface area contributed by atoms with E-state index in [2.05, 4.69) is 20.8 Å². The Morgan fingerprint density at radius 3 is 0.500 bits per heavy atom.